The molecular formula is C13H21NO2. The summed E-state index contributed by atoms with van der Waals surface area (Å²) >= 11 is 0. The van der Waals surface area contributed by atoms with Crippen molar-refractivity contribution in [1.29, 1.82) is 0 Å². The molecular weight excluding hydrogens is 202 g/mol. The summed E-state index contributed by atoms with van der Waals surface area (Å²) in [6.45, 7) is 9.36. The predicted octanol–water partition coefficient (Wildman–Crippen LogP) is 2.68. The van der Waals surface area contributed by atoms with Gasteiger partial charge >= 0.3 is 0 Å². The fourth-order valence-corrected chi connectivity index (χ4v) is 1.42. The molecule has 0 radical (unpaired) electrons. The lowest BCUT2D eigenvalue weighted by molar-refractivity contribution is -0.138. The van der Waals surface area contributed by atoms with Crippen molar-refractivity contribution in [2.45, 2.75) is 39.0 Å². The van der Waals surface area contributed by atoms with E-state index in [0.29, 0.717) is 6.54 Å². The molecule has 3 heteroatoms. The molecule has 0 aromatic heterocycles. The lowest BCUT2D eigenvalue weighted by Gasteiger charge is -2.17. The van der Waals surface area contributed by atoms with Crippen molar-refractivity contribution in [3.63, 3.8) is 0 Å². The summed E-state index contributed by atoms with van der Waals surface area (Å²) < 4.78 is 0. The second-order valence-corrected chi connectivity index (χ2v) is 3.65. The van der Waals surface area contributed by atoms with Gasteiger partial charge in [-0.3, -0.25) is 14.5 Å². The maximum Gasteiger partial charge on any atom is 0.252 e. The summed E-state index contributed by atoms with van der Waals surface area (Å²) in [5.74, 6) is -0.694. The molecule has 0 saturated heterocycles. The Morgan fingerprint density at radius 3 is 1.94 bits per heavy atom. The van der Waals surface area contributed by atoms with Crippen molar-refractivity contribution in [1.82, 2.24) is 4.90 Å². The highest BCUT2D eigenvalue weighted by Crippen LogP contribution is 2.05. The molecule has 0 spiro atoms. The summed E-state index contributed by atoms with van der Waals surface area (Å²) in [6.07, 6.45) is 7.74. The second-order valence-electron chi connectivity index (χ2n) is 3.65. The Hall–Kier alpha value is -1.38. The SMILES string of the molecule is C=CC(=O)N(CCCCCCC)C(=O)C=C. The number of amides is 2. The number of nitrogens with zero attached hydrogens (tertiary/aromatic N) is 1. The first-order chi connectivity index (χ1) is 7.67. The van der Waals surface area contributed by atoms with Crippen LogP contribution in [0, 0.1) is 0 Å². The summed E-state index contributed by atoms with van der Waals surface area (Å²) in [5.41, 5.74) is 0. The number of unbranched alkanes of at least 4 members (excludes halogenated alkanes) is 4. The van der Waals surface area contributed by atoms with E-state index in [0.717, 1.165) is 31.4 Å². The zero-order valence-corrected chi connectivity index (χ0v) is 10.1. The first-order valence-corrected chi connectivity index (χ1v) is 5.77. The van der Waals surface area contributed by atoms with E-state index in [9.17, 15) is 9.59 Å². The molecule has 0 heterocycles. The highest BCUT2D eigenvalue weighted by atomic mass is 16.2. The number of rotatable bonds is 8. The minimum absolute atomic E-state index is 0.347. The van der Waals surface area contributed by atoms with Gasteiger partial charge in [-0.05, 0) is 18.6 Å². The standard InChI is InChI=1S/C13H21NO2/c1-4-7-8-9-10-11-14(12(15)5-2)13(16)6-3/h5-6H,2-4,7-11H2,1H3. The third-order valence-electron chi connectivity index (χ3n) is 2.37. The maximum absolute atomic E-state index is 11.4. The average molecular weight is 223 g/mol. The number of hydrogen-bond donors (Lipinski definition) is 0. The summed E-state index contributed by atoms with van der Waals surface area (Å²) in [7, 11) is 0. The van der Waals surface area contributed by atoms with Gasteiger partial charge in [0.1, 0.15) is 0 Å². The van der Waals surface area contributed by atoms with Crippen LogP contribution in [0.4, 0.5) is 0 Å². The summed E-state index contributed by atoms with van der Waals surface area (Å²) in [5, 5.41) is 0. The van der Waals surface area contributed by atoms with Crippen LogP contribution in [0.1, 0.15) is 39.0 Å². The topological polar surface area (TPSA) is 37.4 Å². The molecule has 0 bridgehead atoms. The Labute approximate surface area is 97.8 Å². The van der Waals surface area contributed by atoms with E-state index in [1.54, 1.807) is 0 Å². The molecule has 0 N–H and O–H groups in total. The van der Waals surface area contributed by atoms with Crippen LogP contribution in [-0.4, -0.2) is 23.3 Å². The number of hydrogen-bond acceptors (Lipinski definition) is 2. The van der Waals surface area contributed by atoms with E-state index in [4.69, 9.17) is 0 Å². The summed E-state index contributed by atoms with van der Waals surface area (Å²) in [6, 6.07) is 0. The van der Waals surface area contributed by atoms with Crippen molar-refractivity contribution < 1.29 is 9.59 Å². The van der Waals surface area contributed by atoms with E-state index >= 15 is 0 Å². The molecule has 0 rings (SSSR count). The van der Waals surface area contributed by atoms with E-state index in [1.807, 2.05) is 0 Å². The van der Waals surface area contributed by atoms with Gasteiger partial charge in [0.15, 0.2) is 0 Å². The van der Waals surface area contributed by atoms with Crippen molar-refractivity contribution in [3.8, 4) is 0 Å². The fraction of sp³-hybridized carbons (Fsp3) is 0.538. The largest absolute Gasteiger partial charge is 0.275 e. The normalized spacial score (nSPS) is 9.56. The molecule has 0 aliphatic rings. The zero-order valence-electron chi connectivity index (χ0n) is 10.1. The van der Waals surface area contributed by atoms with Gasteiger partial charge < -0.3 is 0 Å². The molecule has 0 aliphatic heterocycles. The first kappa shape index (κ1) is 14.6. The second kappa shape index (κ2) is 8.89. The summed E-state index contributed by atoms with van der Waals surface area (Å²) in [4.78, 5) is 23.9. The molecule has 90 valence electrons. The van der Waals surface area contributed by atoms with E-state index in [2.05, 4.69) is 20.1 Å². The van der Waals surface area contributed by atoms with Gasteiger partial charge in [-0.1, -0.05) is 45.8 Å². The van der Waals surface area contributed by atoms with Crippen LogP contribution >= 0.6 is 0 Å². The Bertz CT molecular complexity index is 239. The molecule has 0 atom stereocenters. The van der Waals surface area contributed by atoms with Gasteiger partial charge in [-0.15, -0.1) is 0 Å². The van der Waals surface area contributed by atoms with Crippen molar-refractivity contribution in [2.75, 3.05) is 6.54 Å². The van der Waals surface area contributed by atoms with E-state index in [-0.39, 0.29) is 11.8 Å². The third-order valence-corrected chi connectivity index (χ3v) is 2.37. The zero-order chi connectivity index (χ0) is 12.4. The van der Waals surface area contributed by atoms with Crippen LogP contribution in [0.3, 0.4) is 0 Å². The van der Waals surface area contributed by atoms with Crippen molar-refractivity contribution in [3.05, 3.63) is 25.3 Å². The smallest absolute Gasteiger partial charge is 0.252 e. The average Bonchev–Trinajstić information content (AvgIpc) is 2.32. The molecule has 0 aromatic rings. The van der Waals surface area contributed by atoms with Crippen LogP contribution in [-0.2, 0) is 9.59 Å². The minimum Gasteiger partial charge on any atom is -0.275 e. The lowest BCUT2D eigenvalue weighted by atomic mass is 10.1. The van der Waals surface area contributed by atoms with E-state index < -0.39 is 0 Å². The Morgan fingerprint density at radius 1 is 1.00 bits per heavy atom. The Kier molecular flexibility index (Phi) is 8.12. The fourth-order valence-electron chi connectivity index (χ4n) is 1.42. The molecule has 2 amide bonds. The minimum atomic E-state index is -0.347. The van der Waals surface area contributed by atoms with Crippen molar-refractivity contribution >= 4 is 11.8 Å². The van der Waals surface area contributed by atoms with Crippen molar-refractivity contribution in [2.24, 2.45) is 0 Å². The molecule has 0 saturated carbocycles. The monoisotopic (exact) mass is 223 g/mol. The van der Waals surface area contributed by atoms with Gasteiger partial charge in [0, 0.05) is 6.54 Å². The van der Waals surface area contributed by atoms with E-state index in [1.165, 1.54) is 17.7 Å². The molecule has 16 heavy (non-hydrogen) atoms. The van der Waals surface area contributed by atoms with Gasteiger partial charge in [0.05, 0.1) is 0 Å². The molecule has 0 aliphatic carbocycles. The molecule has 0 aromatic carbocycles. The number of imide groups is 1. The molecule has 3 nitrogen and oxygen atoms in total. The lowest BCUT2D eigenvalue weighted by Crippen LogP contribution is -2.35. The first-order valence-electron chi connectivity index (χ1n) is 5.77. The maximum atomic E-state index is 11.4. The van der Waals surface area contributed by atoms with Crippen LogP contribution in [0.5, 0.6) is 0 Å². The molecule has 0 unspecified atom stereocenters. The Morgan fingerprint density at radius 2 is 1.50 bits per heavy atom. The number of carbonyl (C=O) groups excluding carboxylic acids is 2. The van der Waals surface area contributed by atoms with Gasteiger partial charge in [-0.25, -0.2) is 0 Å². The van der Waals surface area contributed by atoms with Crippen LogP contribution in [0.2, 0.25) is 0 Å². The quantitative estimate of drug-likeness (QED) is 0.468. The predicted molar refractivity (Wildman–Crippen MR) is 65.9 cm³/mol. The third kappa shape index (κ3) is 5.49. The Balaban J connectivity index is 4.03. The number of carbonyl (C=O) groups is 2. The van der Waals surface area contributed by atoms with Gasteiger partial charge in [0.2, 0.25) is 0 Å². The highest BCUT2D eigenvalue weighted by molar-refractivity contribution is 6.04. The van der Waals surface area contributed by atoms with Gasteiger partial charge in [0.25, 0.3) is 11.8 Å². The van der Waals surface area contributed by atoms with Crippen LogP contribution in [0.15, 0.2) is 25.3 Å². The molecule has 0 fully saturated rings. The van der Waals surface area contributed by atoms with Crippen LogP contribution < -0.4 is 0 Å². The highest BCUT2D eigenvalue weighted by Gasteiger charge is 2.15. The van der Waals surface area contributed by atoms with Gasteiger partial charge in [-0.2, -0.15) is 0 Å². The van der Waals surface area contributed by atoms with Crippen LogP contribution in [0.25, 0.3) is 0 Å².